The quantitative estimate of drug-likeness (QED) is 0.822. The Bertz CT molecular complexity index is 580. The third-order valence-corrected chi connectivity index (χ3v) is 4.92. The van der Waals surface area contributed by atoms with Gasteiger partial charge in [0.05, 0.1) is 11.9 Å². The van der Waals surface area contributed by atoms with Crippen molar-refractivity contribution in [3.8, 4) is 0 Å². The average Bonchev–Trinajstić information content (AvgIpc) is 2.89. The smallest absolute Gasteiger partial charge is 0.243 e. The lowest BCUT2D eigenvalue weighted by Gasteiger charge is -2.24. The maximum atomic E-state index is 12.2. The summed E-state index contributed by atoms with van der Waals surface area (Å²) in [6, 6.07) is 6.88. The number of amides is 1. The van der Waals surface area contributed by atoms with E-state index < -0.39 is 10.0 Å². The standard InChI is InChI=1S/C13H17BrN2O3S/c1-20(18,19)16(12-6-4-11(14)5-7-12)10-13(17)15-8-2-3-9-15/h4-7H,2-3,8-10H2,1H3. The zero-order chi connectivity index (χ0) is 14.8. The lowest BCUT2D eigenvalue weighted by molar-refractivity contribution is -0.128. The van der Waals surface area contributed by atoms with E-state index in [4.69, 9.17) is 0 Å². The number of sulfonamides is 1. The van der Waals surface area contributed by atoms with E-state index in [0.717, 1.165) is 41.0 Å². The number of likely N-dealkylation sites (tertiary alicyclic amines) is 1. The first kappa shape index (κ1) is 15.3. The molecule has 7 heteroatoms. The molecule has 0 bridgehead atoms. The molecule has 1 aromatic carbocycles. The Morgan fingerprint density at radius 1 is 1.25 bits per heavy atom. The van der Waals surface area contributed by atoms with Crippen molar-refractivity contribution in [3.05, 3.63) is 28.7 Å². The van der Waals surface area contributed by atoms with Crippen molar-refractivity contribution in [2.45, 2.75) is 12.8 Å². The van der Waals surface area contributed by atoms with Gasteiger partial charge in [0.15, 0.2) is 0 Å². The summed E-state index contributed by atoms with van der Waals surface area (Å²) in [5.41, 5.74) is 0.503. The van der Waals surface area contributed by atoms with E-state index in [0.29, 0.717) is 5.69 Å². The Labute approximate surface area is 127 Å². The number of carbonyl (C=O) groups excluding carboxylic acids is 1. The highest BCUT2D eigenvalue weighted by Crippen LogP contribution is 2.21. The molecule has 0 saturated carbocycles. The van der Waals surface area contributed by atoms with E-state index in [2.05, 4.69) is 15.9 Å². The molecule has 20 heavy (non-hydrogen) atoms. The number of halogens is 1. The molecule has 1 aliphatic rings. The van der Waals surface area contributed by atoms with Gasteiger partial charge in [0.2, 0.25) is 15.9 Å². The highest BCUT2D eigenvalue weighted by molar-refractivity contribution is 9.10. The molecule has 5 nitrogen and oxygen atoms in total. The number of benzene rings is 1. The van der Waals surface area contributed by atoms with Gasteiger partial charge in [0.1, 0.15) is 6.54 Å². The summed E-state index contributed by atoms with van der Waals surface area (Å²) >= 11 is 3.31. The van der Waals surface area contributed by atoms with Crippen LogP contribution in [-0.2, 0) is 14.8 Å². The fraction of sp³-hybridized carbons (Fsp3) is 0.462. The molecule has 0 N–H and O–H groups in total. The third-order valence-electron chi connectivity index (χ3n) is 3.25. The van der Waals surface area contributed by atoms with E-state index >= 15 is 0 Å². The maximum Gasteiger partial charge on any atom is 0.243 e. The summed E-state index contributed by atoms with van der Waals surface area (Å²) in [5.74, 6) is -0.143. The summed E-state index contributed by atoms with van der Waals surface area (Å²) in [6.07, 6.45) is 3.10. The number of carbonyl (C=O) groups is 1. The van der Waals surface area contributed by atoms with E-state index in [1.165, 1.54) is 0 Å². The number of nitrogens with zero attached hydrogens (tertiary/aromatic N) is 2. The van der Waals surface area contributed by atoms with Crippen molar-refractivity contribution in [2.75, 3.05) is 30.2 Å². The minimum atomic E-state index is -3.48. The summed E-state index contributed by atoms with van der Waals surface area (Å²) < 4.78 is 25.8. The molecular weight excluding hydrogens is 344 g/mol. The van der Waals surface area contributed by atoms with Crippen molar-refractivity contribution in [2.24, 2.45) is 0 Å². The van der Waals surface area contributed by atoms with Gasteiger partial charge in [-0.1, -0.05) is 15.9 Å². The number of hydrogen-bond donors (Lipinski definition) is 0. The predicted molar refractivity (Wildman–Crippen MR) is 82.1 cm³/mol. The second-order valence-electron chi connectivity index (χ2n) is 4.83. The second kappa shape index (κ2) is 6.13. The molecule has 0 spiro atoms. The number of anilines is 1. The molecule has 0 atom stereocenters. The van der Waals surface area contributed by atoms with Crippen LogP contribution in [0.2, 0.25) is 0 Å². The van der Waals surface area contributed by atoms with Gasteiger partial charge in [-0.3, -0.25) is 9.10 Å². The van der Waals surface area contributed by atoms with Crippen LogP contribution < -0.4 is 4.31 Å². The van der Waals surface area contributed by atoms with Crippen molar-refractivity contribution in [1.29, 1.82) is 0 Å². The van der Waals surface area contributed by atoms with Crippen molar-refractivity contribution >= 4 is 37.5 Å². The van der Waals surface area contributed by atoms with Crippen LogP contribution in [0.3, 0.4) is 0 Å². The second-order valence-corrected chi connectivity index (χ2v) is 7.66. The van der Waals surface area contributed by atoms with Crippen LogP contribution in [-0.4, -0.2) is 45.1 Å². The molecule has 1 heterocycles. The van der Waals surface area contributed by atoms with Crippen LogP contribution in [0.5, 0.6) is 0 Å². The fourth-order valence-electron chi connectivity index (χ4n) is 2.20. The van der Waals surface area contributed by atoms with E-state index in [1.807, 2.05) is 0 Å². The van der Waals surface area contributed by atoms with Crippen molar-refractivity contribution in [3.63, 3.8) is 0 Å². The van der Waals surface area contributed by atoms with E-state index in [1.54, 1.807) is 29.2 Å². The average molecular weight is 361 g/mol. The Hall–Kier alpha value is -1.08. The maximum absolute atomic E-state index is 12.2. The molecule has 1 aliphatic heterocycles. The summed E-state index contributed by atoms with van der Waals surface area (Å²) in [5, 5.41) is 0. The summed E-state index contributed by atoms with van der Waals surface area (Å²) in [4.78, 5) is 13.9. The summed E-state index contributed by atoms with van der Waals surface area (Å²) in [7, 11) is -3.48. The van der Waals surface area contributed by atoms with Crippen molar-refractivity contribution < 1.29 is 13.2 Å². The molecule has 1 saturated heterocycles. The van der Waals surface area contributed by atoms with Gasteiger partial charge in [-0.25, -0.2) is 8.42 Å². The number of hydrogen-bond acceptors (Lipinski definition) is 3. The minimum Gasteiger partial charge on any atom is -0.341 e. The number of rotatable bonds is 4. The largest absolute Gasteiger partial charge is 0.341 e. The third kappa shape index (κ3) is 3.73. The highest BCUT2D eigenvalue weighted by atomic mass is 79.9. The molecule has 1 fully saturated rings. The van der Waals surface area contributed by atoms with Crippen LogP contribution >= 0.6 is 15.9 Å². The van der Waals surface area contributed by atoms with Crippen LogP contribution in [0, 0.1) is 0 Å². The van der Waals surface area contributed by atoms with Crippen LogP contribution in [0.25, 0.3) is 0 Å². The SMILES string of the molecule is CS(=O)(=O)N(CC(=O)N1CCCC1)c1ccc(Br)cc1. The van der Waals surface area contributed by atoms with Gasteiger partial charge in [-0.05, 0) is 37.1 Å². The molecule has 0 aromatic heterocycles. The first-order valence-corrected chi connectivity index (χ1v) is 9.03. The van der Waals surface area contributed by atoms with Gasteiger partial charge in [0, 0.05) is 17.6 Å². The molecule has 2 rings (SSSR count). The fourth-order valence-corrected chi connectivity index (χ4v) is 3.31. The monoisotopic (exact) mass is 360 g/mol. The first-order valence-electron chi connectivity index (χ1n) is 6.39. The molecule has 0 unspecified atom stereocenters. The first-order chi connectivity index (χ1) is 9.38. The van der Waals surface area contributed by atoms with E-state index in [9.17, 15) is 13.2 Å². The Kier molecular flexibility index (Phi) is 4.70. The highest BCUT2D eigenvalue weighted by Gasteiger charge is 2.25. The van der Waals surface area contributed by atoms with Gasteiger partial charge >= 0.3 is 0 Å². The van der Waals surface area contributed by atoms with Crippen LogP contribution in [0.15, 0.2) is 28.7 Å². The van der Waals surface area contributed by atoms with Crippen LogP contribution in [0.4, 0.5) is 5.69 Å². The van der Waals surface area contributed by atoms with Gasteiger partial charge in [-0.15, -0.1) is 0 Å². The molecular formula is C13H17BrN2O3S. The minimum absolute atomic E-state index is 0.138. The Morgan fingerprint density at radius 3 is 2.30 bits per heavy atom. The predicted octanol–water partition coefficient (Wildman–Crippen LogP) is 1.84. The zero-order valence-corrected chi connectivity index (χ0v) is 13.7. The van der Waals surface area contributed by atoms with Gasteiger partial charge in [-0.2, -0.15) is 0 Å². The topological polar surface area (TPSA) is 57.7 Å². The normalized spacial score (nSPS) is 15.4. The lowest BCUT2D eigenvalue weighted by Crippen LogP contribution is -2.41. The van der Waals surface area contributed by atoms with Crippen molar-refractivity contribution in [1.82, 2.24) is 4.90 Å². The zero-order valence-electron chi connectivity index (χ0n) is 11.3. The lowest BCUT2D eigenvalue weighted by atomic mass is 10.3. The van der Waals surface area contributed by atoms with Gasteiger partial charge < -0.3 is 4.90 Å². The summed E-state index contributed by atoms with van der Waals surface area (Å²) in [6.45, 7) is 1.30. The molecule has 110 valence electrons. The van der Waals surface area contributed by atoms with Gasteiger partial charge in [0.25, 0.3) is 0 Å². The molecule has 1 amide bonds. The molecule has 1 aromatic rings. The Morgan fingerprint density at radius 2 is 1.80 bits per heavy atom. The Balaban J connectivity index is 2.20. The van der Waals surface area contributed by atoms with E-state index in [-0.39, 0.29) is 12.5 Å². The molecule has 0 radical (unpaired) electrons. The molecule has 0 aliphatic carbocycles. The van der Waals surface area contributed by atoms with Crippen LogP contribution in [0.1, 0.15) is 12.8 Å².